The minimum Gasteiger partial charge on any atom is -0.507 e. The zero-order valence-corrected chi connectivity index (χ0v) is 11.0. The van der Waals surface area contributed by atoms with E-state index in [0.29, 0.717) is 10.8 Å². The van der Waals surface area contributed by atoms with Crippen LogP contribution < -0.4 is 0 Å². The molecule has 2 aromatic carbocycles. The van der Waals surface area contributed by atoms with Crippen molar-refractivity contribution in [1.82, 2.24) is 0 Å². The molecule has 1 heterocycles. The lowest BCUT2D eigenvalue weighted by atomic mass is 9.95. The molecular formula is C13H12O6S. The van der Waals surface area contributed by atoms with E-state index in [4.69, 9.17) is 4.74 Å². The van der Waals surface area contributed by atoms with Gasteiger partial charge in [0, 0.05) is 17.2 Å². The van der Waals surface area contributed by atoms with Gasteiger partial charge in [-0.2, -0.15) is 0 Å². The van der Waals surface area contributed by atoms with Gasteiger partial charge in [-0.1, -0.05) is 24.3 Å². The topological polar surface area (TPSA) is 107 Å². The molecule has 3 rings (SSSR count). The average Bonchev–Trinajstić information content (AvgIpc) is 2.37. The maximum Gasteiger partial charge on any atom is 0.188 e. The number of phenolic OH excluding ortho intramolecular Hbond substituents is 1. The Kier molecular flexibility index (Phi) is 3.23. The number of aromatic hydroxyl groups is 1. The van der Waals surface area contributed by atoms with Gasteiger partial charge < -0.3 is 24.6 Å². The molecule has 7 heteroatoms. The van der Waals surface area contributed by atoms with Crippen molar-refractivity contribution < 1.29 is 28.8 Å². The normalized spacial score (nSPS) is 23.6. The highest BCUT2D eigenvalue weighted by Crippen LogP contribution is 2.43. The molecule has 0 spiro atoms. The maximum absolute atomic E-state index is 11.6. The fourth-order valence-corrected chi connectivity index (χ4v) is 3.34. The van der Waals surface area contributed by atoms with Crippen molar-refractivity contribution in [3.63, 3.8) is 0 Å². The summed E-state index contributed by atoms with van der Waals surface area (Å²) in [7, 11) is 0. The third kappa shape index (κ3) is 1.91. The van der Waals surface area contributed by atoms with E-state index in [9.17, 15) is 24.1 Å². The van der Waals surface area contributed by atoms with Crippen LogP contribution in [-0.4, -0.2) is 30.4 Å². The highest BCUT2D eigenvalue weighted by Gasteiger charge is 2.33. The number of phenols is 1. The van der Waals surface area contributed by atoms with Crippen LogP contribution in [0.15, 0.2) is 29.2 Å². The summed E-state index contributed by atoms with van der Waals surface area (Å²) in [4.78, 5) is 0.0785. The molecule has 0 aromatic heterocycles. The zero-order chi connectivity index (χ0) is 14.4. The Balaban J connectivity index is 2.46. The second-order valence-electron chi connectivity index (χ2n) is 4.51. The summed E-state index contributed by atoms with van der Waals surface area (Å²) in [5.41, 5.74) is 0.277. The average molecular weight is 296 g/mol. The zero-order valence-electron chi connectivity index (χ0n) is 10.2. The first-order valence-electron chi connectivity index (χ1n) is 5.89. The van der Waals surface area contributed by atoms with Crippen LogP contribution >= 0.6 is 0 Å². The van der Waals surface area contributed by atoms with Crippen molar-refractivity contribution in [2.24, 2.45) is 0 Å². The Bertz CT molecular complexity index is 714. The second-order valence-corrected chi connectivity index (χ2v) is 5.42. The van der Waals surface area contributed by atoms with E-state index < -0.39 is 23.7 Å². The first-order chi connectivity index (χ1) is 9.50. The van der Waals surface area contributed by atoms with Crippen molar-refractivity contribution in [3.8, 4) is 5.75 Å². The minimum absolute atomic E-state index is 0.0337. The Morgan fingerprint density at radius 3 is 2.50 bits per heavy atom. The Hall–Kier alpha value is -1.51. The number of rotatable bonds is 1. The molecule has 0 bridgehead atoms. The van der Waals surface area contributed by atoms with Crippen LogP contribution in [0.2, 0.25) is 0 Å². The highest BCUT2D eigenvalue weighted by atomic mass is 32.2. The number of aliphatic hydroxyl groups excluding tert-OH is 2. The standard InChI is InChI=1S/C13H12O6S/c14-9-5-8-10(13(16)19-9)11(15)6-3-1-2-4-7(6)12(8)20(17)18/h1-4,9,13-16H,5H2,(H,17,18). The summed E-state index contributed by atoms with van der Waals surface area (Å²) in [6.07, 6.45) is -2.91. The number of hydrogen-bond donors (Lipinski definition) is 4. The lowest BCUT2D eigenvalue weighted by Crippen LogP contribution is -2.27. The molecule has 0 amide bonds. The summed E-state index contributed by atoms with van der Waals surface area (Å²) in [6.45, 7) is 0. The van der Waals surface area contributed by atoms with Gasteiger partial charge in [0.1, 0.15) is 5.75 Å². The summed E-state index contributed by atoms with van der Waals surface area (Å²) in [5.74, 6) is -0.204. The van der Waals surface area contributed by atoms with E-state index in [1.165, 1.54) is 0 Å². The summed E-state index contributed by atoms with van der Waals surface area (Å²) >= 11 is -2.32. The van der Waals surface area contributed by atoms with Crippen LogP contribution in [0.1, 0.15) is 17.4 Å². The second kappa shape index (κ2) is 4.80. The van der Waals surface area contributed by atoms with E-state index in [-0.39, 0.29) is 28.2 Å². The van der Waals surface area contributed by atoms with E-state index in [1.807, 2.05) is 0 Å². The predicted octanol–water partition coefficient (Wildman–Crippen LogP) is 1.01. The predicted molar refractivity (Wildman–Crippen MR) is 70.4 cm³/mol. The van der Waals surface area contributed by atoms with Gasteiger partial charge in [0.05, 0.1) is 10.5 Å². The van der Waals surface area contributed by atoms with Gasteiger partial charge in [-0.25, -0.2) is 4.21 Å². The third-order valence-corrected chi connectivity index (χ3v) is 4.18. The molecule has 0 radical (unpaired) electrons. The third-order valence-electron chi connectivity index (χ3n) is 3.37. The Morgan fingerprint density at radius 2 is 1.85 bits per heavy atom. The van der Waals surface area contributed by atoms with E-state index in [2.05, 4.69) is 0 Å². The first-order valence-corrected chi connectivity index (χ1v) is 7.00. The molecule has 1 aliphatic heterocycles. The lowest BCUT2D eigenvalue weighted by molar-refractivity contribution is -0.220. The minimum atomic E-state index is -2.32. The fraction of sp³-hybridized carbons (Fsp3) is 0.231. The molecule has 2 aromatic rings. The van der Waals surface area contributed by atoms with Crippen LogP contribution in [0.4, 0.5) is 0 Å². The van der Waals surface area contributed by atoms with Gasteiger partial charge in [-0.05, 0) is 5.56 Å². The van der Waals surface area contributed by atoms with Crippen molar-refractivity contribution in [2.75, 3.05) is 0 Å². The molecular weight excluding hydrogens is 284 g/mol. The summed E-state index contributed by atoms with van der Waals surface area (Å²) < 4.78 is 26.0. The van der Waals surface area contributed by atoms with Gasteiger partial charge in [0.25, 0.3) is 0 Å². The number of hydrogen-bond acceptors (Lipinski definition) is 5. The molecule has 0 aliphatic carbocycles. The Morgan fingerprint density at radius 1 is 1.20 bits per heavy atom. The van der Waals surface area contributed by atoms with E-state index >= 15 is 0 Å². The number of aliphatic hydroxyl groups is 2. The molecule has 106 valence electrons. The monoisotopic (exact) mass is 296 g/mol. The summed E-state index contributed by atoms with van der Waals surface area (Å²) in [5, 5.41) is 30.4. The molecule has 4 N–H and O–H groups in total. The first kappa shape index (κ1) is 13.5. The van der Waals surface area contributed by atoms with Crippen molar-refractivity contribution in [3.05, 3.63) is 35.4 Å². The molecule has 0 saturated heterocycles. The van der Waals surface area contributed by atoms with Gasteiger partial charge >= 0.3 is 0 Å². The van der Waals surface area contributed by atoms with Gasteiger partial charge in [0.15, 0.2) is 23.7 Å². The smallest absolute Gasteiger partial charge is 0.188 e. The number of ether oxygens (including phenoxy) is 1. The fourth-order valence-electron chi connectivity index (χ4n) is 2.57. The van der Waals surface area contributed by atoms with Gasteiger partial charge in [0.2, 0.25) is 0 Å². The van der Waals surface area contributed by atoms with Crippen LogP contribution in [0.5, 0.6) is 5.75 Å². The van der Waals surface area contributed by atoms with E-state index in [0.717, 1.165) is 0 Å². The van der Waals surface area contributed by atoms with Crippen LogP contribution in [-0.2, 0) is 22.2 Å². The van der Waals surface area contributed by atoms with Crippen LogP contribution in [0.25, 0.3) is 10.8 Å². The Labute approximate surface area is 116 Å². The van der Waals surface area contributed by atoms with Crippen molar-refractivity contribution in [1.29, 1.82) is 0 Å². The molecule has 3 unspecified atom stereocenters. The molecule has 0 fully saturated rings. The van der Waals surface area contributed by atoms with Gasteiger partial charge in [-0.15, -0.1) is 0 Å². The van der Waals surface area contributed by atoms with E-state index in [1.54, 1.807) is 24.3 Å². The van der Waals surface area contributed by atoms with Gasteiger partial charge in [-0.3, -0.25) is 0 Å². The number of benzene rings is 2. The quantitative estimate of drug-likeness (QED) is 0.585. The highest BCUT2D eigenvalue weighted by molar-refractivity contribution is 7.79. The molecule has 20 heavy (non-hydrogen) atoms. The largest absolute Gasteiger partial charge is 0.507 e. The lowest BCUT2D eigenvalue weighted by Gasteiger charge is -2.28. The van der Waals surface area contributed by atoms with Crippen molar-refractivity contribution >= 4 is 21.9 Å². The molecule has 3 atom stereocenters. The summed E-state index contributed by atoms with van der Waals surface area (Å²) in [6, 6.07) is 6.53. The van der Waals surface area contributed by atoms with Crippen LogP contribution in [0.3, 0.4) is 0 Å². The molecule has 0 saturated carbocycles. The maximum atomic E-state index is 11.6. The number of fused-ring (bicyclic) bond motifs is 2. The SMILES string of the molecule is O=S(O)c1c2c(c(O)c3ccccc13)C(O)OC(O)C2. The molecule has 1 aliphatic rings. The van der Waals surface area contributed by atoms with Crippen LogP contribution in [0, 0.1) is 0 Å². The molecule has 6 nitrogen and oxygen atoms in total. The van der Waals surface area contributed by atoms with Crippen molar-refractivity contribution in [2.45, 2.75) is 23.9 Å².